The molecule has 124 valence electrons. The van der Waals surface area contributed by atoms with Gasteiger partial charge in [0.2, 0.25) is 0 Å². The van der Waals surface area contributed by atoms with E-state index in [1.165, 1.54) is 12.8 Å². The Morgan fingerprint density at radius 1 is 1.26 bits per heavy atom. The number of aromatic nitrogens is 2. The summed E-state index contributed by atoms with van der Waals surface area (Å²) < 4.78 is 0. The van der Waals surface area contributed by atoms with Gasteiger partial charge in [-0.05, 0) is 18.9 Å². The summed E-state index contributed by atoms with van der Waals surface area (Å²) in [6.07, 6.45) is 4.22. The highest BCUT2D eigenvalue weighted by Crippen LogP contribution is 2.16. The third kappa shape index (κ3) is 5.13. The number of unbranched alkanes of at least 4 members (excludes halogenated alkanes) is 1. The molecule has 23 heavy (non-hydrogen) atoms. The molecule has 0 amide bonds. The van der Waals surface area contributed by atoms with Crippen LogP contribution in [-0.4, -0.2) is 41.0 Å². The van der Waals surface area contributed by atoms with Crippen molar-refractivity contribution in [1.82, 2.24) is 20.2 Å². The maximum absolute atomic E-state index is 4.68. The molecule has 1 aromatic heterocycles. The van der Waals surface area contributed by atoms with Gasteiger partial charge in [-0.25, -0.2) is 9.98 Å². The van der Waals surface area contributed by atoms with Gasteiger partial charge >= 0.3 is 0 Å². The summed E-state index contributed by atoms with van der Waals surface area (Å²) in [5, 5.41) is 3.33. The number of guanidine groups is 1. The van der Waals surface area contributed by atoms with Gasteiger partial charge in [-0.15, -0.1) is 0 Å². The van der Waals surface area contributed by atoms with E-state index >= 15 is 0 Å². The molecule has 0 aliphatic rings. The molecule has 0 bridgehead atoms. The average molecular weight is 313 g/mol. The first-order valence-corrected chi connectivity index (χ1v) is 8.33. The molecule has 2 rings (SSSR count). The number of imidazole rings is 1. The average Bonchev–Trinajstić information content (AvgIpc) is 3.06. The molecular weight excluding hydrogens is 286 g/mol. The van der Waals surface area contributed by atoms with Crippen molar-refractivity contribution in [2.24, 2.45) is 4.99 Å². The van der Waals surface area contributed by atoms with E-state index in [0.717, 1.165) is 36.1 Å². The van der Waals surface area contributed by atoms with Crippen LogP contribution in [0, 0.1) is 0 Å². The van der Waals surface area contributed by atoms with Crippen LogP contribution in [0.3, 0.4) is 0 Å². The highest BCUT2D eigenvalue weighted by atomic mass is 15.3. The zero-order valence-corrected chi connectivity index (χ0v) is 14.3. The fourth-order valence-corrected chi connectivity index (χ4v) is 2.33. The molecule has 2 aromatic rings. The Hall–Kier alpha value is -2.30. The molecule has 0 saturated carbocycles. The molecular formula is C18H27N5. The van der Waals surface area contributed by atoms with Gasteiger partial charge in [0.25, 0.3) is 0 Å². The van der Waals surface area contributed by atoms with Gasteiger partial charge in [-0.1, -0.05) is 43.7 Å². The number of nitrogens with one attached hydrogen (secondary N) is 2. The zero-order valence-electron chi connectivity index (χ0n) is 14.3. The Morgan fingerprint density at radius 3 is 2.74 bits per heavy atom. The number of hydrogen-bond acceptors (Lipinski definition) is 2. The molecule has 0 aliphatic heterocycles. The summed E-state index contributed by atoms with van der Waals surface area (Å²) in [7, 11) is 2.08. The van der Waals surface area contributed by atoms with Crippen LogP contribution in [0.2, 0.25) is 0 Å². The van der Waals surface area contributed by atoms with Crippen molar-refractivity contribution in [3.63, 3.8) is 0 Å². The van der Waals surface area contributed by atoms with Crippen molar-refractivity contribution >= 4 is 5.96 Å². The molecule has 0 fully saturated rings. The van der Waals surface area contributed by atoms with E-state index in [2.05, 4.69) is 58.2 Å². The highest BCUT2D eigenvalue weighted by molar-refractivity contribution is 5.79. The fourth-order valence-electron chi connectivity index (χ4n) is 2.33. The van der Waals surface area contributed by atoms with E-state index in [0.29, 0.717) is 6.54 Å². The molecule has 5 heteroatoms. The van der Waals surface area contributed by atoms with Crippen molar-refractivity contribution in [2.45, 2.75) is 33.2 Å². The van der Waals surface area contributed by atoms with Crippen LogP contribution in [0.5, 0.6) is 0 Å². The van der Waals surface area contributed by atoms with Gasteiger partial charge in [-0.2, -0.15) is 0 Å². The monoisotopic (exact) mass is 313 g/mol. The fraction of sp³-hybridized carbons (Fsp3) is 0.444. The van der Waals surface area contributed by atoms with Crippen LogP contribution in [0.1, 0.15) is 32.5 Å². The lowest BCUT2D eigenvalue weighted by Crippen LogP contribution is -2.39. The first-order chi connectivity index (χ1) is 11.2. The Balaban J connectivity index is 2.03. The number of aromatic amines is 1. The van der Waals surface area contributed by atoms with Gasteiger partial charge in [0.15, 0.2) is 5.96 Å². The molecule has 0 aliphatic carbocycles. The van der Waals surface area contributed by atoms with Gasteiger partial charge in [0.05, 0.1) is 11.9 Å². The van der Waals surface area contributed by atoms with Crippen molar-refractivity contribution in [3.8, 4) is 11.3 Å². The van der Waals surface area contributed by atoms with E-state index in [1.54, 1.807) is 0 Å². The van der Waals surface area contributed by atoms with Gasteiger partial charge in [0.1, 0.15) is 12.4 Å². The minimum Gasteiger partial charge on any atom is -0.357 e. The van der Waals surface area contributed by atoms with E-state index in [4.69, 9.17) is 0 Å². The summed E-state index contributed by atoms with van der Waals surface area (Å²) in [6.45, 7) is 6.71. The third-order valence-electron chi connectivity index (χ3n) is 3.64. The lowest BCUT2D eigenvalue weighted by atomic mass is 10.2. The zero-order chi connectivity index (χ0) is 16.5. The molecule has 2 N–H and O–H groups in total. The maximum atomic E-state index is 4.68. The normalized spacial score (nSPS) is 11.5. The second-order valence-electron chi connectivity index (χ2n) is 5.55. The number of rotatable bonds is 7. The van der Waals surface area contributed by atoms with E-state index in [-0.39, 0.29) is 0 Å². The Labute approximate surface area is 138 Å². The quantitative estimate of drug-likeness (QED) is 0.609. The predicted octanol–water partition coefficient (Wildman–Crippen LogP) is 3.27. The molecule has 1 aromatic carbocycles. The molecule has 0 unspecified atom stereocenters. The number of hydrogen-bond donors (Lipinski definition) is 2. The molecule has 0 saturated heterocycles. The van der Waals surface area contributed by atoms with Gasteiger partial charge in [0, 0.05) is 20.1 Å². The minimum atomic E-state index is 0.547. The summed E-state index contributed by atoms with van der Waals surface area (Å²) in [5.41, 5.74) is 2.17. The number of H-pyrrole nitrogens is 1. The molecule has 1 heterocycles. The van der Waals surface area contributed by atoms with Gasteiger partial charge < -0.3 is 15.2 Å². The summed E-state index contributed by atoms with van der Waals surface area (Å²) in [4.78, 5) is 14.6. The standard InChI is InChI=1S/C18H27N5/c1-4-6-12-23(3)18(19-5-2)21-14-17-20-13-16(22-17)15-10-8-7-9-11-15/h7-11,13H,4-6,12,14H2,1-3H3,(H,19,21)(H,20,22). The minimum absolute atomic E-state index is 0.547. The number of nitrogens with zero attached hydrogens (tertiary/aromatic N) is 3. The molecule has 0 radical (unpaired) electrons. The third-order valence-corrected chi connectivity index (χ3v) is 3.64. The van der Waals surface area contributed by atoms with Crippen LogP contribution in [0.4, 0.5) is 0 Å². The first-order valence-electron chi connectivity index (χ1n) is 8.33. The SMILES string of the molecule is CCCCN(C)C(=NCc1ncc(-c2ccccc2)[nH]1)NCC. The molecule has 5 nitrogen and oxygen atoms in total. The number of benzene rings is 1. The van der Waals surface area contributed by atoms with E-state index in [9.17, 15) is 0 Å². The largest absolute Gasteiger partial charge is 0.357 e. The van der Waals surface area contributed by atoms with Crippen molar-refractivity contribution < 1.29 is 0 Å². The summed E-state index contributed by atoms with van der Waals surface area (Å²) >= 11 is 0. The maximum Gasteiger partial charge on any atom is 0.194 e. The van der Waals surface area contributed by atoms with Crippen molar-refractivity contribution in [2.75, 3.05) is 20.1 Å². The topological polar surface area (TPSA) is 56.3 Å². The van der Waals surface area contributed by atoms with E-state index in [1.807, 2.05) is 24.4 Å². The van der Waals surface area contributed by atoms with Crippen LogP contribution in [-0.2, 0) is 6.54 Å². The molecule has 0 atom stereocenters. The van der Waals surface area contributed by atoms with Gasteiger partial charge in [-0.3, -0.25) is 0 Å². The smallest absolute Gasteiger partial charge is 0.194 e. The Morgan fingerprint density at radius 2 is 2.04 bits per heavy atom. The number of aliphatic imine (C=N–C) groups is 1. The Kier molecular flexibility index (Phi) is 6.66. The predicted molar refractivity (Wildman–Crippen MR) is 96.4 cm³/mol. The summed E-state index contributed by atoms with van der Waals surface area (Å²) in [5.74, 6) is 1.81. The first kappa shape index (κ1) is 17.1. The van der Waals surface area contributed by atoms with Crippen LogP contribution < -0.4 is 5.32 Å². The van der Waals surface area contributed by atoms with E-state index < -0.39 is 0 Å². The highest BCUT2D eigenvalue weighted by Gasteiger charge is 2.06. The van der Waals surface area contributed by atoms with Crippen molar-refractivity contribution in [3.05, 3.63) is 42.4 Å². The van der Waals surface area contributed by atoms with Crippen LogP contribution >= 0.6 is 0 Å². The van der Waals surface area contributed by atoms with Crippen molar-refractivity contribution in [1.29, 1.82) is 0 Å². The second-order valence-corrected chi connectivity index (χ2v) is 5.55. The Bertz CT molecular complexity index is 603. The van der Waals surface area contributed by atoms with Crippen LogP contribution in [0.15, 0.2) is 41.5 Å². The second kappa shape index (κ2) is 8.98. The summed E-state index contributed by atoms with van der Waals surface area (Å²) in [6, 6.07) is 10.2. The lowest BCUT2D eigenvalue weighted by molar-refractivity contribution is 0.464. The lowest BCUT2D eigenvalue weighted by Gasteiger charge is -2.21. The van der Waals surface area contributed by atoms with Crippen LogP contribution in [0.25, 0.3) is 11.3 Å². The molecule has 0 spiro atoms.